The summed E-state index contributed by atoms with van der Waals surface area (Å²) in [6.07, 6.45) is 6.51. The molecule has 1 aromatic heterocycles. The molecule has 1 heterocycles. The van der Waals surface area contributed by atoms with Crippen molar-refractivity contribution in [3.8, 4) is 5.88 Å². The molecule has 102 valence electrons. The Morgan fingerprint density at radius 2 is 2.11 bits per heavy atom. The average molecular weight is 250 g/mol. The first-order chi connectivity index (χ1) is 8.76. The molecule has 0 amide bonds. The fourth-order valence-corrected chi connectivity index (χ4v) is 1.93. The van der Waals surface area contributed by atoms with Crippen molar-refractivity contribution in [1.29, 1.82) is 0 Å². The number of nitrogens with zero attached hydrogens (tertiary/aromatic N) is 1. The highest BCUT2D eigenvalue weighted by Gasteiger charge is 2.05. The molecule has 1 N–H and O–H groups in total. The van der Waals surface area contributed by atoms with Crippen molar-refractivity contribution in [2.75, 3.05) is 7.05 Å². The molecule has 1 rings (SSSR count). The van der Waals surface area contributed by atoms with E-state index in [-0.39, 0.29) is 6.10 Å². The quantitative estimate of drug-likeness (QED) is 0.681. The predicted molar refractivity (Wildman–Crippen MR) is 75.8 cm³/mol. The van der Waals surface area contributed by atoms with Crippen LogP contribution in [-0.2, 0) is 6.54 Å². The molecule has 1 atom stereocenters. The van der Waals surface area contributed by atoms with Crippen molar-refractivity contribution in [2.45, 2.75) is 58.6 Å². The largest absolute Gasteiger partial charge is 0.475 e. The number of hydrogen-bond donors (Lipinski definition) is 1. The number of rotatable bonds is 9. The number of hydrogen-bond acceptors (Lipinski definition) is 3. The molecule has 0 saturated heterocycles. The van der Waals surface area contributed by atoms with Crippen molar-refractivity contribution in [3.63, 3.8) is 0 Å². The highest BCUT2D eigenvalue weighted by molar-refractivity contribution is 5.15. The van der Waals surface area contributed by atoms with Gasteiger partial charge in [0.2, 0.25) is 5.88 Å². The fourth-order valence-electron chi connectivity index (χ4n) is 1.93. The summed E-state index contributed by atoms with van der Waals surface area (Å²) >= 11 is 0. The Hall–Kier alpha value is -1.09. The topological polar surface area (TPSA) is 34.1 Å². The SMILES string of the molecule is CCCCCCC(C)Oc1cccc(CNC)n1. The highest BCUT2D eigenvalue weighted by atomic mass is 16.5. The first-order valence-electron chi connectivity index (χ1n) is 7.03. The zero-order valence-electron chi connectivity index (χ0n) is 11.9. The van der Waals surface area contributed by atoms with E-state index in [1.807, 2.05) is 25.2 Å². The summed E-state index contributed by atoms with van der Waals surface area (Å²) in [4.78, 5) is 4.46. The molecule has 0 radical (unpaired) electrons. The minimum atomic E-state index is 0.249. The molecule has 0 bridgehead atoms. The molecule has 0 aromatic carbocycles. The first-order valence-corrected chi connectivity index (χ1v) is 7.03. The van der Waals surface area contributed by atoms with Crippen LogP contribution in [0.2, 0.25) is 0 Å². The van der Waals surface area contributed by atoms with E-state index in [0.29, 0.717) is 0 Å². The van der Waals surface area contributed by atoms with Gasteiger partial charge in [0.05, 0.1) is 11.8 Å². The monoisotopic (exact) mass is 250 g/mol. The Bertz CT molecular complexity index is 328. The van der Waals surface area contributed by atoms with Crippen LogP contribution in [-0.4, -0.2) is 18.1 Å². The third-order valence-electron chi connectivity index (χ3n) is 2.93. The summed E-state index contributed by atoms with van der Waals surface area (Å²) in [5.74, 6) is 0.741. The lowest BCUT2D eigenvalue weighted by molar-refractivity contribution is 0.197. The van der Waals surface area contributed by atoms with E-state index < -0.39 is 0 Å². The van der Waals surface area contributed by atoms with Gasteiger partial charge in [0.25, 0.3) is 0 Å². The zero-order chi connectivity index (χ0) is 13.2. The molecule has 0 aliphatic carbocycles. The maximum atomic E-state index is 5.84. The standard InChI is InChI=1S/C15H26N2O/c1-4-5-6-7-9-13(2)18-15-11-8-10-14(17-15)12-16-3/h8,10-11,13,16H,4-7,9,12H2,1-3H3. The summed E-state index contributed by atoms with van der Waals surface area (Å²) in [5.41, 5.74) is 1.02. The van der Waals surface area contributed by atoms with E-state index in [4.69, 9.17) is 4.74 Å². The van der Waals surface area contributed by atoms with Crippen molar-refractivity contribution in [3.05, 3.63) is 23.9 Å². The number of aromatic nitrogens is 1. The minimum absolute atomic E-state index is 0.249. The molecule has 0 fully saturated rings. The number of pyridine rings is 1. The minimum Gasteiger partial charge on any atom is -0.475 e. The van der Waals surface area contributed by atoms with E-state index in [1.165, 1.54) is 25.7 Å². The summed E-state index contributed by atoms with van der Waals surface area (Å²) in [7, 11) is 1.92. The molecule has 0 aliphatic heterocycles. The molecule has 18 heavy (non-hydrogen) atoms. The normalized spacial score (nSPS) is 12.4. The van der Waals surface area contributed by atoms with E-state index in [0.717, 1.165) is 24.5 Å². The van der Waals surface area contributed by atoms with Crippen molar-refractivity contribution < 1.29 is 4.74 Å². The van der Waals surface area contributed by atoms with E-state index in [9.17, 15) is 0 Å². The molecule has 1 aromatic rings. The van der Waals surface area contributed by atoms with Gasteiger partial charge in [-0.2, -0.15) is 0 Å². The molecular weight excluding hydrogens is 224 g/mol. The lowest BCUT2D eigenvalue weighted by Gasteiger charge is -2.14. The van der Waals surface area contributed by atoms with Gasteiger partial charge in [-0.1, -0.05) is 32.3 Å². The smallest absolute Gasteiger partial charge is 0.213 e. The van der Waals surface area contributed by atoms with Gasteiger partial charge in [-0.05, 0) is 32.9 Å². The number of nitrogens with one attached hydrogen (secondary N) is 1. The highest BCUT2D eigenvalue weighted by Crippen LogP contribution is 2.13. The molecule has 3 heteroatoms. The summed E-state index contributed by atoms with van der Waals surface area (Å²) in [6, 6.07) is 5.94. The van der Waals surface area contributed by atoms with Crippen LogP contribution in [0, 0.1) is 0 Å². The predicted octanol–water partition coefficient (Wildman–Crippen LogP) is 3.54. The molecule has 3 nitrogen and oxygen atoms in total. The summed E-state index contributed by atoms with van der Waals surface area (Å²) in [6.45, 7) is 5.14. The van der Waals surface area contributed by atoms with Crippen LogP contribution in [0.15, 0.2) is 18.2 Å². The van der Waals surface area contributed by atoms with Crippen molar-refractivity contribution in [1.82, 2.24) is 10.3 Å². The van der Waals surface area contributed by atoms with Crippen LogP contribution in [0.3, 0.4) is 0 Å². The Kier molecular flexibility index (Phi) is 7.42. The van der Waals surface area contributed by atoms with Crippen LogP contribution in [0.25, 0.3) is 0 Å². The van der Waals surface area contributed by atoms with Gasteiger partial charge in [0.15, 0.2) is 0 Å². The maximum Gasteiger partial charge on any atom is 0.213 e. The lowest BCUT2D eigenvalue weighted by atomic mass is 10.1. The lowest BCUT2D eigenvalue weighted by Crippen LogP contribution is -2.13. The van der Waals surface area contributed by atoms with Crippen LogP contribution in [0.5, 0.6) is 5.88 Å². The maximum absolute atomic E-state index is 5.84. The van der Waals surface area contributed by atoms with Gasteiger partial charge in [-0.25, -0.2) is 4.98 Å². The second-order valence-electron chi connectivity index (χ2n) is 4.78. The second kappa shape index (κ2) is 8.92. The number of ether oxygens (including phenoxy) is 1. The molecule has 0 saturated carbocycles. The van der Waals surface area contributed by atoms with Crippen LogP contribution in [0.4, 0.5) is 0 Å². The Labute approximate surface area is 111 Å². The third-order valence-corrected chi connectivity index (χ3v) is 2.93. The third kappa shape index (κ3) is 6.01. The van der Waals surface area contributed by atoms with Gasteiger partial charge in [0, 0.05) is 12.6 Å². The Morgan fingerprint density at radius 3 is 2.83 bits per heavy atom. The number of unbranched alkanes of at least 4 members (excludes halogenated alkanes) is 3. The van der Waals surface area contributed by atoms with E-state index >= 15 is 0 Å². The summed E-state index contributed by atoms with van der Waals surface area (Å²) < 4.78 is 5.84. The second-order valence-corrected chi connectivity index (χ2v) is 4.78. The first kappa shape index (κ1) is 15.0. The summed E-state index contributed by atoms with van der Waals surface area (Å²) in [5, 5.41) is 3.09. The van der Waals surface area contributed by atoms with Crippen molar-refractivity contribution >= 4 is 0 Å². The molecule has 1 unspecified atom stereocenters. The molecule has 0 spiro atoms. The molecular formula is C15H26N2O. The van der Waals surface area contributed by atoms with Crippen LogP contribution in [0.1, 0.15) is 51.6 Å². The fraction of sp³-hybridized carbons (Fsp3) is 0.667. The van der Waals surface area contributed by atoms with E-state index in [1.54, 1.807) is 0 Å². The van der Waals surface area contributed by atoms with Gasteiger partial charge >= 0.3 is 0 Å². The van der Waals surface area contributed by atoms with Crippen LogP contribution < -0.4 is 10.1 Å². The molecule has 0 aliphatic rings. The Morgan fingerprint density at radius 1 is 1.28 bits per heavy atom. The van der Waals surface area contributed by atoms with E-state index in [2.05, 4.69) is 24.1 Å². The van der Waals surface area contributed by atoms with Crippen LogP contribution >= 0.6 is 0 Å². The van der Waals surface area contributed by atoms with Gasteiger partial charge in [-0.3, -0.25) is 0 Å². The Balaban J connectivity index is 2.34. The van der Waals surface area contributed by atoms with Gasteiger partial charge in [-0.15, -0.1) is 0 Å². The average Bonchev–Trinajstić information content (AvgIpc) is 2.35. The zero-order valence-corrected chi connectivity index (χ0v) is 11.9. The van der Waals surface area contributed by atoms with Crippen molar-refractivity contribution in [2.24, 2.45) is 0 Å². The van der Waals surface area contributed by atoms with Gasteiger partial charge in [0.1, 0.15) is 0 Å². The van der Waals surface area contributed by atoms with Gasteiger partial charge < -0.3 is 10.1 Å².